The summed E-state index contributed by atoms with van der Waals surface area (Å²) in [5.74, 6) is -2.89. The molecule has 0 amide bonds. The second kappa shape index (κ2) is 2.66. The molecule has 1 heterocycles. The lowest BCUT2D eigenvalue weighted by Crippen LogP contribution is -2.12. The number of hydrogen-bond donors (Lipinski definition) is 1. The van der Waals surface area contributed by atoms with Crippen LogP contribution in [-0.2, 0) is 5.92 Å². The third kappa shape index (κ3) is 1.66. The van der Waals surface area contributed by atoms with Crippen LogP contribution in [0.1, 0.15) is 18.2 Å². The SMILES string of the molecule is Cc1nc(N)ncc1C(C)(F)F. The smallest absolute Gasteiger partial charge is 0.273 e. The largest absolute Gasteiger partial charge is 0.368 e. The molecule has 5 heteroatoms. The van der Waals surface area contributed by atoms with Gasteiger partial charge in [0.05, 0.1) is 11.3 Å². The normalized spacial score (nSPS) is 11.7. The first kappa shape index (κ1) is 8.83. The lowest BCUT2D eigenvalue weighted by atomic mass is 10.1. The number of anilines is 1. The Kier molecular flexibility index (Phi) is 1.95. The number of nitrogens with two attached hydrogens (primary N) is 1. The Morgan fingerprint density at radius 1 is 1.50 bits per heavy atom. The van der Waals surface area contributed by atoms with Crippen LogP contribution < -0.4 is 5.73 Å². The molecule has 12 heavy (non-hydrogen) atoms. The van der Waals surface area contributed by atoms with Crippen LogP contribution in [0.15, 0.2) is 6.20 Å². The fourth-order valence-corrected chi connectivity index (χ4v) is 0.916. The Morgan fingerprint density at radius 3 is 2.50 bits per heavy atom. The molecule has 0 spiro atoms. The lowest BCUT2D eigenvalue weighted by Gasteiger charge is -2.11. The van der Waals surface area contributed by atoms with E-state index in [0.29, 0.717) is 0 Å². The molecule has 0 bridgehead atoms. The predicted octanol–water partition coefficient (Wildman–Crippen LogP) is 1.48. The third-order valence-electron chi connectivity index (χ3n) is 1.47. The number of alkyl halides is 2. The number of nitrogen functional groups attached to an aromatic ring is 1. The fraction of sp³-hybridized carbons (Fsp3) is 0.429. The maximum Gasteiger partial charge on any atom is 0.273 e. The summed E-state index contributed by atoms with van der Waals surface area (Å²) in [6, 6.07) is 0. The van der Waals surface area contributed by atoms with E-state index in [0.717, 1.165) is 13.1 Å². The first-order chi connectivity index (χ1) is 5.41. The lowest BCUT2D eigenvalue weighted by molar-refractivity contribution is 0.0161. The van der Waals surface area contributed by atoms with Gasteiger partial charge in [0.2, 0.25) is 5.95 Å². The maximum absolute atomic E-state index is 12.7. The number of halogens is 2. The highest BCUT2D eigenvalue weighted by Crippen LogP contribution is 2.27. The number of nitrogens with zero attached hydrogens (tertiary/aromatic N) is 2. The summed E-state index contributed by atoms with van der Waals surface area (Å²) < 4.78 is 25.5. The van der Waals surface area contributed by atoms with Crippen LogP contribution in [0.4, 0.5) is 14.7 Å². The van der Waals surface area contributed by atoms with Crippen LogP contribution in [0.2, 0.25) is 0 Å². The second-order valence-electron chi connectivity index (χ2n) is 2.62. The molecule has 0 aromatic carbocycles. The molecule has 0 unspecified atom stereocenters. The summed E-state index contributed by atoms with van der Waals surface area (Å²) in [6.07, 6.45) is 1.05. The van der Waals surface area contributed by atoms with E-state index in [1.165, 1.54) is 6.92 Å². The second-order valence-corrected chi connectivity index (χ2v) is 2.62. The average molecular weight is 173 g/mol. The molecule has 0 fully saturated rings. The molecule has 0 saturated carbocycles. The van der Waals surface area contributed by atoms with Crippen molar-refractivity contribution in [3.8, 4) is 0 Å². The van der Waals surface area contributed by atoms with Crippen molar-refractivity contribution in [2.24, 2.45) is 0 Å². The van der Waals surface area contributed by atoms with Gasteiger partial charge in [0.15, 0.2) is 0 Å². The Morgan fingerprint density at radius 2 is 2.08 bits per heavy atom. The van der Waals surface area contributed by atoms with Crippen molar-refractivity contribution >= 4 is 5.95 Å². The van der Waals surface area contributed by atoms with Crippen LogP contribution in [0.25, 0.3) is 0 Å². The van der Waals surface area contributed by atoms with Gasteiger partial charge in [0.25, 0.3) is 5.92 Å². The van der Waals surface area contributed by atoms with Gasteiger partial charge in [-0.3, -0.25) is 0 Å². The van der Waals surface area contributed by atoms with E-state index in [4.69, 9.17) is 5.73 Å². The summed E-state index contributed by atoms with van der Waals surface area (Å²) in [5, 5.41) is 0. The van der Waals surface area contributed by atoms with Crippen LogP contribution in [0, 0.1) is 6.92 Å². The molecule has 0 radical (unpaired) electrons. The molecular weight excluding hydrogens is 164 g/mol. The molecule has 1 aromatic heterocycles. The van der Waals surface area contributed by atoms with E-state index in [1.807, 2.05) is 0 Å². The summed E-state index contributed by atoms with van der Waals surface area (Å²) in [7, 11) is 0. The van der Waals surface area contributed by atoms with Gasteiger partial charge in [-0.05, 0) is 6.92 Å². The van der Waals surface area contributed by atoms with Gasteiger partial charge < -0.3 is 5.73 Å². The minimum absolute atomic E-state index is 0.0144. The monoisotopic (exact) mass is 173 g/mol. The zero-order valence-corrected chi connectivity index (χ0v) is 6.81. The molecule has 0 aliphatic rings. The standard InChI is InChI=1S/C7H9F2N3/c1-4-5(7(2,8)9)3-11-6(10)12-4/h3H,1-2H3,(H2,10,11,12). The van der Waals surface area contributed by atoms with Gasteiger partial charge in [-0.2, -0.15) is 0 Å². The van der Waals surface area contributed by atoms with Crippen molar-refractivity contribution in [3.63, 3.8) is 0 Å². The van der Waals surface area contributed by atoms with E-state index in [2.05, 4.69) is 9.97 Å². The maximum atomic E-state index is 12.7. The Hall–Kier alpha value is -1.26. The molecule has 66 valence electrons. The number of hydrogen-bond acceptors (Lipinski definition) is 3. The van der Waals surface area contributed by atoms with Crippen molar-refractivity contribution < 1.29 is 8.78 Å². The van der Waals surface area contributed by atoms with Gasteiger partial charge >= 0.3 is 0 Å². The zero-order valence-electron chi connectivity index (χ0n) is 6.81. The molecule has 1 aromatic rings. The van der Waals surface area contributed by atoms with Gasteiger partial charge in [0.1, 0.15) is 0 Å². The van der Waals surface area contributed by atoms with E-state index in [1.54, 1.807) is 0 Å². The number of aromatic nitrogens is 2. The van der Waals surface area contributed by atoms with Gasteiger partial charge in [-0.15, -0.1) is 0 Å². The number of rotatable bonds is 1. The van der Waals surface area contributed by atoms with E-state index in [9.17, 15) is 8.78 Å². The molecule has 0 saturated heterocycles. The zero-order chi connectivity index (χ0) is 9.35. The van der Waals surface area contributed by atoms with Crippen LogP contribution in [0.5, 0.6) is 0 Å². The Balaban J connectivity index is 3.19. The fourth-order valence-electron chi connectivity index (χ4n) is 0.916. The molecular formula is C7H9F2N3. The van der Waals surface area contributed by atoms with E-state index < -0.39 is 5.92 Å². The summed E-state index contributed by atoms with van der Waals surface area (Å²) >= 11 is 0. The first-order valence-corrected chi connectivity index (χ1v) is 3.38. The average Bonchev–Trinajstić information content (AvgIpc) is 1.83. The van der Waals surface area contributed by atoms with Gasteiger partial charge in [-0.25, -0.2) is 18.7 Å². The van der Waals surface area contributed by atoms with Gasteiger partial charge in [0, 0.05) is 13.1 Å². The highest BCUT2D eigenvalue weighted by Gasteiger charge is 2.27. The van der Waals surface area contributed by atoms with Crippen molar-refractivity contribution in [2.45, 2.75) is 19.8 Å². The predicted molar refractivity (Wildman–Crippen MR) is 40.7 cm³/mol. The van der Waals surface area contributed by atoms with Crippen molar-refractivity contribution in [1.82, 2.24) is 9.97 Å². The minimum atomic E-state index is -2.90. The van der Waals surface area contributed by atoms with Crippen molar-refractivity contribution in [3.05, 3.63) is 17.5 Å². The van der Waals surface area contributed by atoms with Crippen LogP contribution in [-0.4, -0.2) is 9.97 Å². The Labute approximate surface area is 68.6 Å². The summed E-state index contributed by atoms with van der Waals surface area (Å²) in [5.41, 5.74) is 5.24. The molecule has 0 atom stereocenters. The minimum Gasteiger partial charge on any atom is -0.368 e. The molecule has 3 nitrogen and oxygen atoms in total. The van der Waals surface area contributed by atoms with Crippen LogP contribution in [0.3, 0.4) is 0 Å². The molecule has 0 aliphatic heterocycles. The molecule has 1 rings (SSSR count). The van der Waals surface area contributed by atoms with Crippen molar-refractivity contribution in [2.75, 3.05) is 5.73 Å². The summed E-state index contributed by atoms with van der Waals surface area (Å²) in [6.45, 7) is 2.28. The first-order valence-electron chi connectivity index (χ1n) is 3.38. The van der Waals surface area contributed by atoms with E-state index >= 15 is 0 Å². The highest BCUT2D eigenvalue weighted by atomic mass is 19.3. The van der Waals surface area contributed by atoms with Crippen molar-refractivity contribution in [1.29, 1.82) is 0 Å². The Bertz CT molecular complexity index is 293. The topological polar surface area (TPSA) is 51.8 Å². The third-order valence-corrected chi connectivity index (χ3v) is 1.47. The molecule has 0 aliphatic carbocycles. The van der Waals surface area contributed by atoms with Crippen LogP contribution >= 0.6 is 0 Å². The number of aryl methyl sites for hydroxylation is 1. The highest BCUT2D eigenvalue weighted by molar-refractivity contribution is 5.26. The summed E-state index contributed by atoms with van der Waals surface area (Å²) in [4.78, 5) is 7.12. The molecule has 2 N–H and O–H groups in total. The van der Waals surface area contributed by atoms with Gasteiger partial charge in [-0.1, -0.05) is 0 Å². The quantitative estimate of drug-likeness (QED) is 0.699. The van der Waals surface area contributed by atoms with E-state index in [-0.39, 0.29) is 17.2 Å².